The second-order valence-electron chi connectivity index (χ2n) is 6.51. The number of halogens is 1. The molecule has 0 radical (unpaired) electrons. The van der Waals surface area contributed by atoms with Crippen molar-refractivity contribution in [1.82, 2.24) is 15.1 Å². The number of nitro benzene ring substituents is 1. The summed E-state index contributed by atoms with van der Waals surface area (Å²) in [5.41, 5.74) is 0.996. The number of non-ortho nitro benzene ring substituents is 1. The molecule has 8 heteroatoms. The van der Waals surface area contributed by atoms with Crippen molar-refractivity contribution in [2.24, 2.45) is 10.9 Å². The highest BCUT2D eigenvalue weighted by molar-refractivity contribution is 14.0. The molecule has 0 atom stereocenters. The second kappa shape index (κ2) is 10.5. The molecule has 7 nitrogen and oxygen atoms in total. The van der Waals surface area contributed by atoms with Crippen LogP contribution in [0.1, 0.15) is 19.4 Å². The predicted octanol–water partition coefficient (Wildman–Crippen LogP) is 2.56. The first-order valence-corrected chi connectivity index (χ1v) is 8.41. The van der Waals surface area contributed by atoms with Crippen LogP contribution < -0.4 is 5.32 Å². The van der Waals surface area contributed by atoms with E-state index in [0.29, 0.717) is 12.5 Å². The lowest BCUT2D eigenvalue weighted by Gasteiger charge is -2.37. The molecule has 1 aliphatic rings. The Morgan fingerprint density at radius 2 is 2.00 bits per heavy atom. The van der Waals surface area contributed by atoms with Crippen LogP contribution in [0.2, 0.25) is 0 Å². The molecule has 2 rings (SSSR count). The van der Waals surface area contributed by atoms with Gasteiger partial charge in [-0.25, -0.2) is 0 Å². The van der Waals surface area contributed by atoms with Crippen molar-refractivity contribution < 1.29 is 4.92 Å². The first-order valence-electron chi connectivity index (χ1n) is 8.41. The minimum Gasteiger partial charge on any atom is -0.352 e. The highest BCUT2D eigenvalue weighted by Gasteiger charge is 2.19. The van der Waals surface area contributed by atoms with Crippen molar-refractivity contribution in [3.05, 3.63) is 39.9 Å². The van der Waals surface area contributed by atoms with Gasteiger partial charge in [0.25, 0.3) is 5.69 Å². The Labute approximate surface area is 166 Å². The Bertz CT molecular complexity index is 586. The molecule has 1 saturated heterocycles. The number of nitrogens with zero attached hydrogens (tertiary/aromatic N) is 4. The fourth-order valence-electron chi connectivity index (χ4n) is 2.95. The Morgan fingerprint density at radius 1 is 1.32 bits per heavy atom. The zero-order valence-corrected chi connectivity index (χ0v) is 17.5. The lowest BCUT2D eigenvalue weighted by atomic mass is 10.2. The molecule has 1 aliphatic heterocycles. The average Bonchev–Trinajstić information content (AvgIpc) is 2.56. The topological polar surface area (TPSA) is 74.0 Å². The summed E-state index contributed by atoms with van der Waals surface area (Å²) in [5.74, 6) is 1.54. The standard InChI is InChI=1S/C17H27N5O2.HI/c1-14(2)13-20-7-9-21(10-8-20)17(18-3)19-12-15-5-4-6-16(11-15)22(23)24;/h4-6,11,14H,7-10,12-13H2,1-3H3,(H,18,19);1H. The molecule has 1 fully saturated rings. The molecule has 0 unspecified atom stereocenters. The molecule has 0 spiro atoms. The van der Waals surface area contributed by atoms with E-state index in [1.807, 2.05) is 6.07 Å². The van der Waals surface area contributed by atoms with Crippen molar-refractivity contribution >= 4 is 35.6 Å². The quantitative estimate of drug-likeness (QED) is 0.240. The number of nitro groups is 1. The largest absolute Gasteiger partial charge is 0.352 e. The molecular weight excluding hydrogens is 433 g/mol. The predicted molar refractivity (Wildman–Crippen MR) is 112 cm³/mol. The van der Waals surface area contributed by atoms with Gasteiger partial charge in [-0.15, -0.1) is 24.0 Å². The third kappa shape index (κ3) is 6.77. The SMILES string of the molecule is CN=C(NCc1cccc([N+](=O)[O-])c1)N1CCN(CC(C)C)CC1.I. The van der Waals surface area contributed by atoms with E-state index in [-0.39, 0.29) is 34.6 Å². The van der Waals surface area contributed by atoms with E-state index in [9.17, 15) is 10.1 Å². The third-order valence-electron chi connectivity index (χ3n) is 4.08. The zero-order valence-electron chi connectivity index (χ0n) is 15.1. The first-order chi connectivity index (χ1) is 11.5. The van der Waals surface area contributed by atoms with E-state index in [4.69, 9.17) is 0 Å². The molecule has 0 aromatic heterocycles. The van der Waals surface area contributed by atoms with Gasteiger partial charge in [0.1, 0.15) is 0 Å². The van der Waals surface area contributed by atoms with Gasteiger partial charge in [-0.3, -0.25) is 20.0 Å². The summed E-state index contributed by atoms with van der Waals surface area (Å²) in [4.78, 5) is 19.6. The Hall–Kier alpha value is -1.42. The molecule has 0 aliphatic carbocycles. The average molecular weight is 461 g/mol. The van der Waals surface area contributed by atoms with Crippen molar-refractivity contribution in [1.29, 1.82) is 0 Å². The summed E-state index contributed by atoms with van der Waals surface area (Å²) in [6.07, 6.45) is 0. The number of benzene rings is 1. The first kappa shape index (κ1) is 21.6. The molecule has 0 saturated carbocycles. The molecule has 1 N–H and O–H groups in total. The molecular formula is C17H28IN5O2. The van der Waals surface area contributed by atoms with Crippen LogP contribution in [0.3, 0.4) is 0 Å². The van der Waals surface area contributed by atoms with Crippen LogP contribution in [-0.2, 0) is 6.54 Å². The normalized spacial score (nSPS) is 15.8. The minimum absolute atomic E-state index is 0. The highest BCUT2D eigenvalue weighted by atomic mass is 127. The smallest absolute Gasteiger partial charge is 0.269 e. The molecule has 1 aromatic rings. The van der Waals surface area contributed by atoms with Crippen LogP contribution in [0.25, 0.3) is 0 Å². The van der Waals surface area contributed by atoms with Gasteiger partial charge in [0.2, 0.25) is 0 Å². The van der Waals surface area contributed by atoms with Crippen molar-refractivity contribution in [3.63, 3.8) is 0 Å². The summed E-state index contributed by atoms with van der Waals surface area (Å²) in [5, 5.41) is 14.2. The number of guanidine groups is 1. The van der Waals surface area contributed by atoms with Crippen LogP contribution in [0, 0.1) is 16.0 Å². The zero-order chi connectivity index (χ0) is 17.5. The maximum Gasteiger partial charge on any atom is 0.269 e. The van der Waals surface area contributed by atoms with Crippen LogP contribution in [0.15, 0.2) is 29.3 Å². The lowest BCUT2D eigenvalue weighted by Crippen LogP contribution is -2.52. The minimum atomic E-state index is -0.369. The molecule has 1 aromatic carbocycles. The van der Waals surface area contributed by atoms with Crippen LogP contribution >= 0.6 is 24.0 Å². The van der Waals surface area contributed by atoms with Gasteiger partial charge < -0.3 is 10.2 Å². The summed E-state index contributed by atoms with van der Waals surface area (Å²) in [7, 11) is 1.77. The number of hydrogen-bond acceptors (Lipinski definition) is 4. The molecule has 0 amide bonds. The van der Waals surface area contributed by atoms with Crippen molar-refractivity contribution in [3.8, 4) is 0 Å². The number of nitrogens with one attached hydrogen (secondary N) is 1. The highest BCUT2D eigenvalue weighted by Crippen LogP contribution is 2.13. The Balaban J connectivity index is 0.00000312. The van der Waals surface area contributed by atoms with Gasteiger partial charge in [-0.2, -0.15) is 0 Å². The summed E-state index contributed by atoms with van der Waals surface area (Å²) < 4.78 is 0. The summed E-state index contributed by atoms with van der Waals surface area (Å²) >= 11 is 0. The second-order valence-corrected chi connectivity index (χ2v) is 6.51. The Kier molecular flexibility index (Phi) is 9.12. The fourth-order valence-corrected chi connectivity index (χ4v) is 2.95. The van der Waals surface area contributed by atoms with E-state index in [0.717, 1.165) is 44.2 Å². The summed E-state index contributed by atoms with van der Waals surface area (Å²) in [6.45, 7) is 10.1. The third-order valence-corrected chi connectivity index (χ3v) is 4.08. The summed E-state index contributed by atoms with van der Waals surface area (Å²) in [6, 6.07) is 6.70. The molecule has 1 heterocycles. The van der Waals surface area contributed by atoms with Crippen molar-refractivity contribution in [2.45, 2.75) is 20.4 Å². The van der Waals surface area contributed by atoms with Gasteiger partial charge in [0, 0.05) is 58.4 Å². The molecule has 140 valence electrons. The van der Waals surface area contributed by atoms with E-state index in [1.54, 1.807) is 19.2 Å². The van der Waals surface area contributed by atoms with Crippen molar-refractivity contribution in [2.75, 3.05) is 39.8 Å². The van der Waals surface area contributed by atoms with Gasteiger partial charge >= 0.3 is 0 Å². The number of rotatable bonds is 5. The van der Waals surface area contributed by atoms with Crippen LogP contribution in [-0.4, -0.2) is 60.5 Å². The fraction of sp³-hybridized carbons (Fsp3) is 0.588. The van der Waals surface area contributed by atoms with Crippen LogP contribution in [0.4, 0.5) is 5.69 Å². The van der Waals surface area contributed by atoms with Gasteiger partial charge in [0.05, 0.1) is 4.92 Å². The van der Waals surface area contributed by atoms with Crippen LogP contribution in [0.5, 0.6) is 0 Å². The molecule has 0 bridgehead atoms. The monoisotopic (exact) mass is 461 g/mol. The maximum atomic E-state index is 10.9. The Morgan fingerprint density at radius 3 is 2.56 bits per heavy atom. The maximum absolute atomic E-state index is 10.9. The van der Waals surface area contributed by atoms with E-state index >= 15 is 0 Å². The van der Waals surface area contributed by atoms with E-state index < -0.39 is 0 Å². The number of aliphatic imine (C=N–C) groups is 1. The van der Waals surface area contributed by atoms with E-state index in [2.05, 4.69) is 34.0 Å². The van der Waals surface area contributed by atoms with Gasteiger partial charge in [-0.05, 0) is 11.5 Å². The number of hydrogen-bond donors (Lipinski definition) is 1. The number of piperazine rings is 1. The van der Waals surface area contributed by atoms with Gasteiger partial charge in [-0.1, -0.05) is 26.0 Å². The molecule has 25 heavy (non-hydrogen) atoms. The van der Waals surface area contributed by atoms with E-state index in [1.165, 1.54) is 6.07 Å². The lowest BCUT2D eigenvalue weighted by molar-refractivity contribution is -0.384. The van der Waals surface area contributed by atoms with Gasteiger partial charge in [0.15, 0.2) is 5.96 Å².